The van der Waals surface area contributed by atoms with Gasteiger partial charge in [-0.3, -0.25) is 9.19 Å². The van der Waals surface area contributed by atoms with E-state index in [4.69, 9.17) is 5.73 Å². The molecule has 2 aromatic rings. The smallest absolute Gasteiger partial charge is 0.124 e. The molecule has 0 bridgehead atoms. The molecule has 2 rings (SSSR count). The quantitative estimate of drug-likeness (QED) is 0.866. The van der Waals surface area contributed by atoms with Crippen LogP contribution in [0.15, 0.2) is 41.6 Å². The number of aromatic nitrogens is 1. The molecule has 0 saturated heterocycles. The highest BCUT2D eigenvalue weighted by Crippen LogP contribution is 2.20. The molecule has 3 nitrogen and oxygen atoms in total. The molecule has 1 aromatic carbocycles. The summed E-state index contributed by atoms with van der Waals surface area (Å²) in [4.78, 5) is 4.36. The van der Waals surface area contributed by atoms with E-state index in [9.17, 15) is 8.60 Å². The molecule has 1 unspecified atom stereocenters. The third-order valence-corrected chi connectivity index (χ3v) is 3.89. The first-order valence-electron chi connectivity index (χ1n) is 5.40. The van der Waals surface area contributed by atoms with E-state index in [-0.39, 0.29) is 5.75 Å². The van der Waals surface area contributed by atoms with Gasteiger partial charge in [-0.15, -0.1) is 0 Å². The van der Waals surface area contributed by atoms with E-state index in [0.29, 0.717) is 10.6 Å². The van der Waals surface area contributed by atoms with Crippen molar-refractivity contribution < 1.29 is 8.60 Å². The number of halogens is 1. The summed E-state index contributed by atoms with van der Waals surface area (Å²) in [5.41, 5.74) is 7.88. The van der Waals surface area contributed by atoms with Gasteiger partial charge in [-0.1, -0.05) is 6.07 Å². The number of nitrogens with two attached hydrogens (primary N) is 1. The van der Waals surface area contributed by atoms with Crippen LogP contribution in [0.3, 0.4) is 0 Å². The SMILES string of the molecule is Cc1cncc(CS(=O)c2cc(F)ccc2N)c1. The van der Waals surface area contributed by atoms with Crippen molar-refractivity contribution in [2.45, 2.75) is 17.6 Å². The Bertz CT molecular complexity index is 601. The highest BCUT2D eigenvalue weighted by atomic mass is 32.2. The van der Waals surface area contributed by atoms with Gasteiger partial charge < -0.3 is 5.73 Å². The highest BCUT2D eigenvalue weighted by Gasteiger charge is 2.10. The van der Waals surface area contributed by atoms with Crippen molar-refractivity contribution in [2.75, 3.05) is 5.73 Å². The zero-order valence-corrected chi connectivity index (χ0v) is 10.7. The van der Waals surface area contributed by atoms with Gasteiger partial charge in [-0.25, -0.2) is 4.39 Å². The number of hydrogen-bond acceptors (Lipinski definition) is 3. The minimum Gasteiger partial charge on any atom is -0.398 e. The van der Waals surface area contributed by atoms with E-state index in [1.165, 1.54) is 18.2 Å². The number of aryl methyl sites for hydroxylation is 1. The first-order valence-corrected chi connectivity index (χ1v) is 6.72. The summed E-state index contributed by atoms with van der Waals surface area (Å²) in [6.45, 7) is 1.91. The molecule has 18 heavy (non-hydrogen) atoms. The number of hydrogen-bond donors (Lipinski definition) is 1. The van der Waals surface area contributed by atoms with E-state index < -0.39 is 16.6 Å². The molecule has 0 radical (unpaired) electrons. The fourth-order valence-electron chi connectivity index (χ4n) is 1.63. The lowest BCUT2D eigenvalue weighted by Crippen LogP contribution is -2.02. The Labute approximate surface area is 107 Å². The molecule has 2 N–H and O–H groups in total. The Kier molecular flexibility index (Phi) is 3.72. The third-order valence-electron chi connectivity index (χ3n) is 2.45. The average Bonchev–Trinajstić information content (AvgIpc) is 2.32. The summed E-state index contributed by atoms with van der Waals surface area (Å²) in [6, 6.07) is 5.80. The minimum absolute atomic E-state index is 0.280. The Hall–Kier alpha value is -1.75. The molecule has 0 spiro atoms. The summed E-state index contributed by atoms with van der Waals surface area (Å²) in [5.74, 6) is -0.155. The van der Waals surface area contributed by atoms with E-state index in [2.05, 4.69) is 4.98 Å². The molecule has 0 aliphatic rings. The van der Waals surface area contributed by atoms with Crippen LogP contribution in [-0.4, -0.2) is 9.19 Å². The van der Waals surface area contributed by atoms with E-state index in [1.54, 1.807) is 12.4 Å². The largest absolute Gasteiger partial charge is 0.398 e. The van der Waals surface area contributed by atoms with Gasteiger partial charge in [-0.05, 0) is 36.2 Å². The Morgan fingerprint density at radius 2 is 2.11 bits per heavy atom. The highest BCUT2D eigenvalue weighted by molar-refractivity contribution is 7.84. The lowest BCUT2D eigenvalue weighted by atomic mass is 10.2. The van der Waals surface area contributed by atoms with Gasteiger partial charge in [0.05, 0.1) is 21.4 Å². The fourth-order valence-corrected chi connectivity index (χ4v) is 2.82. The van der Waals surface area contributed by atoms with Crippen LogP contribution in [0.2, 0.25) is 0 Å². The zero-order chi connectivity index (χ0) is 13.1. The monoisotopic (exact) mass is 264 g/mol. The van der Waals surface area contributed by atoms with Crippen molar-refractivity contribution in [2.24, 2.45) is 0 Å². The van der Waals surface area contributed by atoms with Gasteiger partial charge in [0.25, 0.3) is 0 Å². The predicted octanol–water partition coefficient (Wildman–Crippen LogP) is 2.42. The molecule has 1 atom stereocenters. The van der Waals surface area contributed by atoms with Crippen molar-refractivity contribution in [3.05, 3.63) is 53.6 Å². The summed E-state index contributed by atoms with van der Waals surface area (Å²) in [7, 11) is -1.37. The van der Waals surface area contributed by atoms with Gasteiger partial charge in [-0.2, -0.15) is 0 Å². The zero-order valence-electron chi connectivity index (χ0n) is 9.89. The van der Waals surface area contributed by atoms with Crippen LogP contribution in [0.1, 0.15) is 11.1 Å². The van der Waals surface area contributed by atoms with Crippen molar-refractivity contribution in [3.8, 4) is 0 Å². The molecule has 0 aliphatic heterocycles. The molecule has 0 fully saturated rings. The molecular formula is C13H13FN2OS. The van der Waals surface area contributed by atoms with Crippen LogP contribution < -0.4 is 5.73 Å². The lowest BCUT2D eigenvalue weighted by molar-refractivity contribution is 0.623. The van der Waals surface area contributed by atoms with Crippen molar-refractivity contribution in [1.29, 1.82) is 0 Å². The van der Waals surface area contributed by atoms with Crippen LogP contribution in [0.4, 0.5) is 10.1 Å². The number of anilines is 1. The summed E-state index contributed by atoms with van der Waals surface area (Å²) in [5, 5.41) is 0. The van der Waals surface area contributed by atoms with Crippen molar-refractivity contribution >= 4 is 16.5 Å². The first kappa shape index (κ1) is 12.7. The van der Waals surface area contributed by atoms with Gasteiger partial charge in [0.1, 0.15) is 5.82 Å². The van der Waals surface area contributed by atoms with E-state index in [0.717, 1.165) is 11.1 Å². The van der Waals surface area contributed by atoms with Crippen molar-refractivity contribution in [1.82, 2.24) is 4.98 Å². The van der Waals surface area contributed by atoms with Crippen molar-refractivity contribution in [3.63, 3.8) is 0 Å². The number of benzene rings is 1. The van der Waals surface area contributed by atoms with Gasteiger partial charge >= 0.3 is 0 Å². The van der Waals surface area contributed by atoms with Gasteiger partial charge in [0, 0.05) is 18.1 Å². The molecule has 0 aliphatic carbocycles. The minimum atomic E-state index is -1.37. The number of nitrogens with zero attached hydrogens (tertiary/aromatic N) is 1. The van der Waals surface area contributed by atoms with E-state index in [1.807, 2.05) is 13.0 Å². The van der Waals surface area contributed by atoms with Crippen LogP contribution in [0.25, 0.3) is 0 Å². The first-order chi connectivity index (χ1) is 8.56. The predicted molar refractivity (Wildman–Crippen MR) is 69.9 cm³/mol. The Balaban J connectivity index is 2.24. The molecule has 0 amide bonds. The Morgan fingerprint density at radius 1 is 1.33 bits per heavy atom. The van der Waals surface area contributed by atoms with Crippen LogP contribution in [0, 0.1) is 12.7 Å². The maximum Gasteiger partial charge on any atom is 0.124 e. The molecule has 5 heteroatoms. The van der Waals surface area contributed by atoms with Gasteiger partial charge in [0.2, 0.25) is 0 Å². The summed E-state index contributed by atoms with van der Waals surface area (Å²) >= 11 is 0. The molecular weight excluding hydrogens is 251 g/mol. The molecule has 1 aromatic heterocycles. The Morgan fingerprint density at radius 3 is 2.83 bits per heavy atom. The third kappa shape index (κ3) is 2.92. The maximum absolute atomic E-state index is 13.1. The van der Waals surface area contributed by atoms with Crippen LogP contribution in [-0.2, 0) is 16.6 Å². The second-order valence-electron chi connectivity index (χ2n) is 4.04. The normalized spacial score (nSPS) is 12.3. The standard InChI is InChI=1S/C13H13FN2OS/c1-9-4-10(7-16-6-9)8-18(17)13-5-11(14)2-3-12(13)15/h2-7H,8,15H2,1H3. The summed E-state index contributed by atoms with van der Waals surface area (Å²) < 4.78 is 25.2. The van der Waals surface area contributed by atoms with Crippen LogP contribution >= 0.6 is 0 Å². The fraction of sp³-hybridized carbons (Fsp3) is 0.154. The lowest BCUT2D eigenvalue weighted by Gasteiger charge is -2.06. The molecule has 1 heterocycles. The maximum atomic E-state index is 13.1. The second kappa shape index (κ2) is 5.27. The van der Waals surface area contributed by atoms with Crippen LogP contribution in [0.5, 0.6) is 0 Å². The average molecular weight is 264 g/mol. The number of rotatable bonds is 3. The van der Waals surface area contributed by atoms with Gasteiger partial charge in [0.15, 0.2) is 0 Å². The number of pyridine rings is 1. The second-order valence-corrected chi connectivity index (χ2v) is 5.46. The summed E-state index contributed by atoms with van der Waals surface area (Å²) in [6.07, 6.45) is 3.38. The molecule has 0 saturated carbocycles. The van der Waals surface area contributed by atoms with E-state index >= 15 is 0 Å². The topological polar surface area (TPSA) is 56.0 Å². The number of nitrogen functional groups attached to an aromatic ring is 1. The molecule has 94 valence electrons.